The maximum Gasteiger partial charge on any atom is 0.303 e. The van der Waals surface area contributed by atoms with E-state index in [2.05, 4.69) is 25.3 Å². The minimum atomic E-state index is -0.769. The Balaban J connectivity index is 1.81. The summed E-state index contributed by atoms with van der Waals surface area (Å²) in [6, 6.07) is 8.00. The van der Waals surface area contributed by atoms with Crippen molar-refractivity contribution < 1.29 is 14.7 Å². The molecule has 1 aromatic carbocycles. The van der Waals surface area contributed by atoms with Crippen molar-refractivity contribution in [3.63, 3.8) is 0 Å². The largest absolute Gasteiger partial charge is 0.481 e. The van der Waals surface area contributed by atoms with Crippen LogP contribution in [0.5, 0.6) is 0 Å². The van der Waals surface area contributed by atoms with Crippen LogP contribution in [0, 0.1) is 17.3 Å². The number of likely N-dealkylation sites (tertiary alicyclic amines) is 1. The third kappa shape index (κ3) is 4.72. The highest BCUT2D eigenvalue weighted by atomic mass is 16.4. The molecule has 2 heterocycles. The Labute approximate surface area is 166 Å². The Bertz CT molecular complexity index is 866. The number of nitrogens with zero attached hydrogens (tertiary/aromatic N) is 3. The maximum absolute atomic E-state index is 12.7. The van der Waals surface area contributed by atoms with Crippen LogP contribution < -0.4 is 0 Å². The van der Waals surface area contributed by atoms with Gasteiger partial charge < -0.3 is 14.6 Å². The lowest BCUT2D eigenvalue weighted by molar-refractivity contribution is -0.140. The standard InChI is InChI=1S/C22H31N3O3/c1-22(2,3)13-20(26)25-10-9-15(12-21(27)28)16(14-25)11-19-23-17-7-5-6-8-18(17)24(19)4/h5-8,15-16H,9-14H2,1-4H3,(H,27,28). The van der Waals surface area contributed by atoms with Crippen molar-refractivity contribution in [3.8, 4) is 0 Å². The topological polar surface area (TPSA) is 75.4 Å². The van der Waals surface area contributed by atoms with Gasteiger partial charge in [0, 0.05) is 39.4 Å². The van der Waals surface area contributed by atoms with Crippen LogP contribution in [-0.4, -0.2) is 44.5 Å². The molecule has 2 unspecified atom stereocenters. The second kappa shape index (κ2) is 7.94. The minimum absolute atomic E-state index is 0.0537. The van der Waals surface area contributed by atoms with E-state index in [0.717, 1.165) is 23.3 Å². The minimum Gasteiger partial charge on any atom is -0.481 e. The van der Waals surface area contributed by atoms with Crippen molar-refractivity contribution in [2.45, 2.75) is 46.5 Å². The summed E-state index contributed by atoms with van der Waals surface area (Å²) < 4.78 is 2.09. The van der Waals surface area contributed by atoms with E-state index in [-0.39, 0.29) is 29.6 Å². The van der Waals surface area contributed by atoms with Crippen molar-refractivity contribution in [1.82, 2.24) is 14.5 Å². The first-order chi connectivity index (χ1) is 13.1. The number of aryl methyl sites for hydroxylation is 1. The second-order valence-corrected chi connectivity index (χ2v) is 9.26. The highest BCUT2D eigenvalue weighted by Crippen LogP contribution is 2.31. The van der Waals surface area contributed by atoms with Crippen molar-refractivity contribution in [1.29, 1.82) is 0 Å². The summed E-state index contributed by atoms with van der Waals surface area (Å²) in [7, 11) is 2.00. The number of amides is 1. The molecule has 1 saturated heterocycles. The number of carboxylic acids is 1. The van der Waals surface area contributed by atoms with Gasteiger partial charge in [0.15, 0.2) is 0 Å². The number of carbonyl (C=O) groups is 2. The van der Waals surface area contributed by atoms with Gasteiger partial charge in [-0.05, 0) is 35.8 Å². The van der Waals surface area contributed by atoms with Gasteiger partial charge in [0.2, 0.25) is 5.91 Å². The molecule has 0 bridgehead atoms. The number of aliphatic carboxylic acids is 1. The fourth-order valence-corrected chi connectivity index (χ4v) is 4.21. The molecule has 0 aliphatic carbocycles. The van der Waals surface area contributed by atoms with E-state index < -0.39 is 5.97 Å². The van der Waals surface area contributed by atoms with E-state index >= 15 is 0 Å². The average Bonchev–Trinajstić information content (AvgIpc) is 2.91. The summed E-state index contributed by atoms with van der Waals surface area (Å²) in [5.74, 6) is 0.512. The third-order valence-corrected chi connectivity index (χ3v) is 5.69. The fraction of sp³-hybridized carbons (Fsp3) is 0.591. The SMILES string of the molecule is Cn1c(CC2CN(C(=O)CC(C)(C)C)CCC2CC(=O)O)nc2ccccc21. The molecule has 0 radical (unpaired) electrons. The molecule has 2 aromatic rings. The first kappa shape index (κ1) is 20.4. The van der Waals surface area contributed by atoms with Crippen LogP contribution in [0.3, 0.4) is 0 Å². The maximum atomic E-state index is 12.7. The van der Waals surface area contributed by atoms with Crippen LogP contribution in [0.4, 0.5) is 0 Å². The number of para-hydroxylation sites is 2. The smallest absolute Gasteiger partial charge is 0.303 e. The first-order valence-corrected chi connectivity index (χ1v) is 10.0. The molecular formula is C22H31N3O3. The van der Waals surface area contributed by atoms with Gasteiger partial charge in [-0.2, -0.15) is 0 Å². The number of rotatable bonds is 5. The molecule has 0 spiro atoms. The first-order valence-electron chi connectivity index (χ1n) is 10.0. The Morgan fingerprint density at radius 1 is 1.21 bits per heavy atom. The number of benzene rings is 1. The molecule has 1 amide bonds. The van der Waals surface area contributed by atoms with Crippen molar-refractivity contribution in [3.05, 3.63) is 30.1 Å². The predicted octanol–water partition coefficient (Wildman–Crippen LogP) is 3.49. The lowest BCUT2D eigenvalue weighted by atomic mass is 9.80. The molecular weight excluding hydrogens is 354 g/mol. The van der Waals surface area contributed by atoms with Crippen LogP contribution in [0.25, 0.3) is 11.0 Å². The molecule has 1 fully saturated rings. The molecule has 1 N–H and O–H groups in total. The number of piperidine rings is 1. The van der Waals surface area contributed by atoms with E-state index in [1.54, 1.807) is 0 Å². The quantitative estimate of drug-likeness (QED) is 0.855. The van der Waals surface area contributed by atoms with E-state index in [4.69, 9.17) is 4.98 Å². The van der Waals surface area contributed by atoms with Gasteiger partial charge in [-0.25, -0.2) is 4.98 Å². The Hall–Kier alpha value is -2.37. The number of hydrogen-bond acceptors (Lipinski definition) is 3. The molecule has 1 aliphatic heterocycles. The second-order valence-electron chi connectivity index (χ2n) is 9.26. The van der Waals surface area contributed by atoms with E-state index in [1.807, 2.05) is 36.2 Å². The van der Waals surface area contributed by atoms with Crippen LogP contribution in [0.2, 0.25) is 0 Å². The molecule has 6 heteroatoms. The summed E-state index contributed by atoms with van der Waals surface area (Å²) in [6.07, 6.45) is 2.07. The molecule has 152 valence electrons. The number of fused-ring (bicyclic) bond motifs is 1. The number of imidazole rings is 1. The van der Waals surface area contributed by atoms with Crippen molar-refractivity contribution in [2.24, 2.45) is 24.3 Å². The van der Waals surface area contributed by atoms with Gasteiger partial charge in [0.25, 0.3) is 0 Å². The molecule has 2 atom stereocenters. The summed E-state index contributed by atoms with van der Waals surface area (Å²) in [5.41, 5.74) is 1.97. The summed E-state index contributed by atoms with van der Waals surface area (Å²) >= 11 is 0. The Morgan fingerprint density at radius 3 is 2.57 bits per heavy atom. The number of hydrogen-bond donors (Lipinski definition) is 1. The Morgan fingerprint density at radius 2 is 1.93 bits per heavy atom. The zero-order chi connectivity index (χ0) is 20.5. The van der Waals surface area contributed by atoms with Crippen molar-refractivity contribution in [2.75, 3.05) is 13.1 Å². The summed E-state index contributed by atoms with van der Waals surface area (Å²) in [5, 5.41) is 9.35. The zero-order valence-electron chi connectivity index (χ0n) is 17.3. The number of aromatic nitrogens is 2. The molecule has 28 heavy (non-hydrogen) atoms. The lowest BCUT2D eigenvalue weighted by Crippen LogP contribution is -2.46. The van der Waals surface area contributed by atoms with E-state index in [1.165, 1.54) is 0 Å². The highest BCUT2D eigenvalue weighted by molar-refractivity contribution is 5.77. The van der Waals surface area contributed by atoms with Crippen LogP contribution in [0.15, 0.2) is 24.3 Å². The molecule has 0 saturated carbocycles. The fourth-order valence-electron chi connectivity index (χ4n) is 4.21. The zero-order valence-corrected chi connectivity index (χ0v) is 17.3. The predicted molar refractivity (Wildman–Crippen MR) is 109 cm³/mol. The van der Waals surface area contributed by atoms with Gasteiger partial charge in [0.1, 0.15) is 5.82 Å². The van der Waals surface area contributed by atoms with Crippen LogP contribution in [-0.2, 0) is 23.1 Å². The molecule has 1 aliphatic rings. The third-order valence-electron chi connectivity index (χ3n) is 5.69. The van der Waals surface area contributed by atoms with Gasteiger partial charge in [-0.1, -0.05) is 32.9 Å². The van der Waals surface area contributed by atoms with Crippen molar-refractivity contribution >= 4 is 22.9 Å². The number of carboxylic acid groups (broad SMARTS) is 1. The van der Waals surface area contributed by atoms with Gasteiger partial charge in [-0.3, -0.25) is 9.59 Å². The van der Waals surface area contributed by atoms with Gasteiger partial charge in [0.05, 0.1) is 11.0 Å². The summed E-state index contributed by atoms with van der Waals surface area (Å²) in [4.78, 5) is 30.8. The molecule has 3 rings (SSSR count). The van der Waals surface area contributed by atoms with Crippen LogP contribution in [0.1, 0.15) is 45.9 Å². The van der Waals surface area contributed by atoms with E-state index in [9.17, 15) is 14.7 Å². The van der Waals surface area contributed by atoms with Gasteiger partial charge in [-0.15, -0.1) is 0 Å². The monoisotopic (exact) mass is 385 g/mol. The van der Waals surface area contributed by atoms with Crippen LogP contribution >= 0.6 is 0 Å². The molecule has 1 aromatic heterocycles. The average molecular weight is 386 g/mol. The lowest BCUT2D eigenvalue weighted by Gasteiger charge is -2.39. The summed E-state index contributed by atoms with van der Waals surface area (Å²) in [6.45, 7) is 7.46. The normalized spacial score (nSPS) is 20.5. The van der Waals surface area contributed by atoms with E-state index in [0.29, 0.717) is 25.9 Å². The molecule has 6 nitrogen and oxygen atoms in total. The highest BCUT2D eigenvalue weighted by Gasteiger charge is 2.34. The Kier molecular flexibility index (Phi) is 5.77. The number of carbonyl (C=O) groups excluding carboxylic acids is 1. The van der Waals surface area contributed by atoms with Gasteiger partial charge >= 0.3 is 5.97 Å².